The van der Waals surface area contributed by atoms with Crippen LogP contribution >= 0.6 is 11.6 Å². The minimum absolute atomic E-state index is 0.535. The fourth-order valence-electron chi connectivity index (χ4n) is 0.901. The number of aryl methyl sites for hydroxylation is 1. The number of rotatable bonds is 2. The molecule has 0 spiro atoms. The molecule has 0 unspecified atom stereocenters. The molecule has 1 aliphatic rings. The molecule has 1 N–H and O–H groups in total. The van der Waals surface area contributed by atoms with Crippen LogP contribution in [0.4, 0.5) is 5.95 Å². The highest BCUT2D eigenvalue weighted by atomic mass is 35.5. The topological polar surface area (TPSA) is 37.8 Å². The van der Waals surface area contributed by atoms with Gasteiger partial charge < -0.3 is 5.32 Å². The quantitative estimate of drug-likeness (QED) is 0.713. The first kappa shape index (κ1) is 7.80. The maximum atomic E-state index is 5.83. The molecule has 0 aromatic carbocycles. The van der Waals surface area contributed by atoms with E-state index in [1.807, 2.05) is 6.92 Å². The normalized spacial score (nSPS) is 16.2. The van der Waals surface area contributed by atoms with Crippen LogP contribution in [0.2, 0.25) is 5.15 Å². The zero-order valence-electron chi connectivity index (χ0n) is 6.84. The molecule has 1 saturated carbocycles. The molecule has 0 amide bonds. The Balaban J connectivity index is 2.15. The number of hydrogen-bond acceptors (Lipinski definition) is 3. The van der Waals surface area contributed by atoms with Gasteiger partial charge in [0.25, 0.3) is 0 Å². The molecule has 3 nitrogen and oxygen atoms in total. The maximum absolute atomic E-state index is 5.83. The lowest BCUT2D eigenvalue weighted by molar-refractivity contribution is 1.04. The lowest BCUT2D eigenvalue weighted by Crippen LogP contribution is -2.05. The molecule has 1 aromatic heterocycles. The van der Waals surface area contributed by atoms with Gasteiger partial charge in [0, 0.05) is 17.8 Å². The summed E-state index contributed by atoms with van der Waals surface area (Å²) in [6, 6.07) is 0.573. The van der Waals surface area contributed by atoms with Gasteiger partial charge in [-0.1, -0.05) is 11.6 Å². The van der Waals surface area contributed by atoms with Crippen molar-refractivity contribution < 1.29 is 0 Å². The smallest absolute Gasteiger partial charge is 0.224 e. The molecule has 1 aromatic rings. The molecule has 64 valence electrons. The van der Waals surface area contributed by atoms with Crippen LogP contribution in [0.1, 0.15) is 18.4 Å². The van der Waals surface area contributed by atoms with Crippen LogP contribution < -0.4 is 5.32 Å². The van der Waals surface area contributed by atoms with Gasteiger partial charge in [-0.3, -0.25) is 0 Å². The molecule has 0 atom stereocenters. The minimum Gasteiger partial charge on any atom is -0.351 e. The van der Waals surface area contributed by atoms with E-state index in [0.29, 0.717) is 17.1 Å². The van der Waals surface area contributed by atoms with Gasteiger partial charge in [0.1, 0.15) is 5.15 Å². The van der Waals surface area contributed by atoms with Crippen LogP contribution in [0, 0.1) is 6.92 Å². The van der Waals surface area contributed by atoms with E-state index in [-0.39, 0.29) is 0 Å². The van der Waals surface area contributed by atoms with E-state index in [4.69, 9.17) is 11.6 Å². The van der Waals surface area contributed by atoms with Crippen molar-refractivity contribution in [2.75, 3.05) is 5.32 Å². The Morgan fingerprint density at radius 2 is 2.33 bits per heavy atom. The molecule has 1 aliphatic carbocycles. The predicted octanol–water partition coefficient (Wildman–Crippen LogP) is 2.01. The van der Waals surface area contributed by atoms with Gasteiger partial charge >= 0.3 is 0 Å². The SMILES string of the molecule is Cc1cnc(NC2CC2)nc1Cl. The van der Waals surface area contributed by atoms with Gasteiger partial charge in [-0.15, -0.1) is 0 Å². The lowest BCUT2D eigenvalue weighted by atomic mass is 10.4. The van der Waals surface area contributed by atoms with Crippen molar-refractivity contribution in [2.24, 2.45) is 0 Å². The molecule has 0 saturated heterocycles. The Kier molecular flexibility index (Phi) is 1.89. The second-order valence-electron chi connectivity index (χ2n) is 3.09. The van der Waals surface area contributed by atoms with Crippen molar-refractivity contribution in [1.82, 2.24) is 9.97 Å². The van der Waals surface area contributed by atoms with Crippen molar-refractivity contribution in [3.8, 4) is 0 Å². The van der Waals surface area contributed by atoms with Crippen molar-refractivity contribution >= 4 is 17.5 Å². The number of nitrogens with zero attached hydrogens (tertiary/aromatic N) is 2. The first-order valence-corrected chi connectivity index (χ1v) is 4.39. The van der Waals surface area contributed by atoms with Crippen LogP contribution in [0.3, 0.4) is 0 Å². The average molecular weight is 184 g/mol. The van der Waals surface area contributed by atoms with Crippen LogP contribution in [0.25, 0.3) is 0 Å². The van der Waals surface area contributed by atoms with E-state index in [0.717, 1.165) is 5.56 Å². The Bertz CT molecular complexity index is 296. The standard InChI is InChI=1S/C8H10ClN3/c1-5-4-10-8(12-7(5)9)11-6-2-3-6/h4,6H,2-3H2,1H3,(H,10,11,12). The van der Waals surface area contributed by atoms with E-state index in [1.165, 1.54) is 12.8 Å². The third-order valence-corrected chi connectivity index (χ3v) is 2.20. The summed E-state index contributed by atoms with van der Waals surface area (Å²) < 4.78 is 0. The molecule has 1 heterocycles. The van der Waals surface area contributed by atoms with Crippen LogP contribution in [0.15, 0.2) is 6.20 Å². The van der Waals surface area contributed by atoms with E-state index in [1.54, 1.807) is 6.20 Å². The molecular formula is C8H10ClN3. The molecule has 12 heavy (non-hydrogen) atoms. The highest BCUT2D eigenvalue weighted by Gasteiger charge is 2.21. The third-order valence-electron chi connectivity index (χ3n) is 1.82. The lowest BCUT2D eigenvalue weighted by Gasteiger charge is -2.02. The number of hydrogen-bond donors (Lipinski definition) is 1. The third kappa shape index (κ3) is 1.67. The van der Waals surface area contributed by atoms with Crippen molar-refractivity contribution in [3.05, 3.63) is 16.9 Å². The molecule has 0 aliphatic heterocycles. The van der Waals surface area contributed by atoms with Crippen molar-refractivity contribution in [3.63, 3.8) is 0 Å². The molecule has 1 fully saturated rings. The number of anilines is 1. The van der Waals surface area contributed by atoms with E-state index in [9.17, 15) is 0 Å². The second kappa shape index (κ2) is 2.90. The number of halogens is 1. The first-order chi connectivity index (χ1) is 5.75. The van der Waals surface area contributed by atoms with E-state index < -0.39 is 0 Å². The van der Waals surface area contributed by atoms with Gasteiger partial charge in [0.15, 0.2) is 0 Å². The molecule has 4 heteroatoms. The van der Waals surface area contributed by atoms with E-state index >= 15 is 0 Å². The van der Waals surface area contributed by atoms with Gasteiger partial charge in [-0.05, 0) is 19.8 Å². The Hall–Kier alpha value is -0.830. The zero-order chi connectivity index (χ0) is 8.55. The maximum Gasteiger partial charge on any atom is 0.224 e. The highest BCUT2D eigenvalue weighted by molar-refractivity contribution is 6.30. The molecule has 0 radical (unpaired) electrons. The summed E-state index contributed by atoms with van der Waals surface area (Å²) in [6.07, 6.45) is 4.17. The summed E-state index contributed by atoms with van der Waals surface area (Å²) in [5.74, 6) is 0.646. The minimum atomic E-state index is 0.535. The summed E-state index contributed by atoms with van der Waals surface area (Å²) in [6.45, 7) is 1.89. The van der Waals surface area contributed by atoms with Crippen LogP contribution in [-0.4, -0.2) is 16.0 Å². The summed E-state index contributed by atoms with van der Waals surface area (Å²) in [4.78, 5) is 8.21. The largest absolute Gasteiger partial charge is 0.351 e. The van der Waals surface area contributed by atoms with Crippen LogP contribution in [-0.2, 0) is 0 Å². The summed E-state index contributed by atoms with van der Waals surface area (Å²) in [5.41, 5.74) is 0.915. The van der Waals surface area contributed by atoms with Crippen molar-refractivity contribution in [1.29, 1.82) is 0 Å². The molecule has 0 bridgehead atoms. The van der Waals surface area contributed by atoms with Crippen molar-refractivity contribution in [2.45, 2.75) is 25.8 Å². The fourth-order valence-corrected chi connectivity index (χ4v) is 1.03. The zero-order valence-corrected chi connectivity index (χ0v) is 7.60. The van der Waals surface area contributed by atoms with E-state index in [2.05, 4.69) is 15.3 Å². The molecular weight excluding hydrogens is 174 g/mol. The summed E-state index contributed by atoms with van der Waals surface area (Å²) in [7, 11) is 0. The Morgan fingerprint density at radius 1 is 1.58 bits per heavy atom. The van der Waals surface area contributed by atoms with Gasteiger partial charge in [0.05, 0.1) is 0 Å². The van der Waals surface area contributed by atoms with Gasteiger partial charge in [0.2, 0.25) is 5.95 Å². The number of aromatic nitrogens is 2. The van der Waals surface area contributed by atoms with Gasteiger partial charge in [-0.25, -0.2) is 9.97 Å². The second-order valence-corrected chi connectivity index (χ2v) is 3.44. The average Bonchev–Trinajstić information content (AvgIpc) is 2.81. The number of nitrogens with one attached hydrogen (secondary N) is 1. The van der Waals surface area contributed by atoms with Gasteiger partial charge in [-0.2, -0.15) is 0 Å². The summed E-state index contributed by atoms with van der Waals surface area (Å²) >= 11 is 5.83. The summed E-state index contributed by atoms with van der Waals surface area (Å²) in [5, 5.41) is 3.71. The Labute approximate surface area is 76.2 Å². The first-order valence-electron chi connectivity index (χ1n) is 4.01. The van der Waals surface area contributed by atoms with Crippen LogP contribution in [0.5, 0.6) is 0 Å². The highest BCUT2D eigenvalue weighted by Crippen LogP contribution is 2.23. The Morgan fingerprint density at radius 3 is 2.92 bits per heavy atom. The molecule has 2 rings (SSSR count). The monoisotopic (exact) mass is 183 g/mol. The fraction of sp³-hybridized carbons (Fsp3) is 0.500. The predicted molar refractivity (Wildman–Crippen MR) is 48.4 cm³/mol.